The van der Waals surface area contributed by atoms with Crippen LogP contribution in [0.2, 0.25) is 0 Å². The number of fused-ring (bicyclic) bond motifs is 2. The van der Waals surface area contributed by atoms with Gasteiger partial charge in [0.15, 0.2) is 0 Å². The summed E-state index contributed by atoms with van der Waals surface area (Å²) in [4.78, 5) is 0. The molecule has 2 aliphatic rings. The van der Waals surface area contributed by atoms with Gasteiger partial charge in [-0.25, -0.2) is 0 Å². The minimum absolute atomic E-state index is 0.179. The summed E-state index contributed by atoms with van der Waals surface area (Å²) in [6.45, 7) is 3.41. The summed E-state index contributed by atoms with van der Waals surface area (Å²) in [5, 5.41) is 9.25. The smallest absolute Gasteiger partial charge is 0.0881 e. The fraction of sp³-hybridized carbons (Fsp3) is 0.909. The second-order valence-electron chi connectivity index (χ2n) is 4.24. The molecule has 0 aromatic rings. The van der Waals surface area contributed by atoms with Gasteiger partial charge >= 0.3 is 0 Å². The molecule has 0 aromatic heterocycles. The summed E-state index contributed by atoms with van der Waals surface area (Å²) in [6, 6.07) is 2.46. The van der Waals surface area contributed by atoms with E-state index in [-0.39, 0.29) is 11.5 Å². The van der Waals surface area contributed by atoms with E-state index in [0.29, 0.717) is 12.7 Å². The lowest BCUT2D eigenvalue weighted by atomic mass is 9.73. The van der Waals surface area contributed by atoms with Crippen LogP contribution >= 0.6 is 0 Å². The average Bonchev–Trinajstić information content (AvgIpc) is 2.78. The highest BCUT2D eigenvalue weighted by Crippen LogP contribution is 2.49. The number of hydrogen-bond acceptors (Lipinski definition) is 3. The SMILES string of the molecule is CCOCCC1(C#N)CC2CCC1O2. The summed E-state index contributed by atoms with van der Waals surface area (Å²) in [5.41, 5.74) is -0.238. The van der Waals surface area contributed by atoms with Crippen molar-refractivity contribution in [2.75, 3.05) is 13.2 Å². The Morgan fingerprint density at radius 1 is 1.57 bits per heavy atom. The molecule has 2 saturated heterocycles. The number of nitrogens with zero attached hydrogens (tertiary/aromatic N) is 1. The molecule has 2 heterocycles. The van der Waals surface area contributed by atoms with Crippen LogP contribution in [0.5, 0.6) is 0 Å². The van der Waals surface area contributed by atoms with Crippen molar-refractivity contribution in [2.24, 2.45) is 5.41 Å². The van der Waals surface area contributed by atoms with Crippen molar-refractivity contribution in [3.8, 4) is 6.07 Å². The summed E-state index contributed by atoms with van der Waals surface area (Å²) >= 11 is 0. The molecule has 0 radical (unpaired) electrons. The fourth-order valence-electron chi connectivity index (χ4n) is 2.64. The van der Waals surface area contributed by atoms with Crippen LogP contribution in [0.15, 0.2) is 0 Å². The van der Waals surface area contributed by atoms with Gasteiger partial charge in [-0.05, 0) is 32.6 Å². The number of ether oxygens (including phenoxy) is 2. The topological polar surface area (TPSA) is 42.2 Å². The summed E-state index contributed by atoms with van der Waals surface area (Å²) in [7, 11) is 0. The van der Waals surface area contributed by atoms with E-state index in [1.54, 1.807) is 0 Å². The molecular formula is C11H17NO2. The quantitative estimate of drug-likeness (QED) is 0.643. The number of nitriles is 1. The highest BCUT2D eigenvalue weighted by Gasteiger charge is 2.52. The van der Waals surface area contributed by atoms with Gasteiger partial charge in [-0.1, -0.05) is 0 Å². The Bertz CT molecular complexity index is 248. The van der Waals surface area contributed by atoms with Crippen LogP contribution in [0.25, 0.3) is 0 Å². The Hall–Kier alpha value is -0.590. The highest BCUT2D eigenvalue weighted by molar-refractivity contribution is 5.12. The second-order valence-corrected chi connectivity index (χ2v) is 4.24. The van der Waals surface area contributed by atoms with Crippen molar-refractivity contribution < 1.29 is 9.47 Å². The van der Waals surface area contributed by atoms with E-state index >= 15 is 0 Å². The Morgan fingerprint density at radius 3 is 2.93 bits per heavy atom. The van der Waals surface area contributed by atoms with E-state index in [0.717, 1.165) is 32.3 Å². The molecule has 78 valence electrons. The van der Waals surface area contributed by atoms with Crippen LogP contribution in [0.3, 0.4) is 0 Å². The predicted octanol–water partition coefficient (Wildman–Crippen LogP) is 1.87. The molecule has 0 amide bonds. The van der Waals surface area contributed by atoms with Crippen LogP contribution in [0.1, 0.15) is 32.6 Å². The first-order valence-corrected chi connectivity index (χ1v) is 5.45. The number of rotatable bonds is 4. The third-order valence-electron chi connectivity index (χ3n) is 3.44. The minimum atomic E-state index is -0.238. The predicted molar refractivity (Wildman–Crippen MR) is 51.7 cm³/mol. The van der Waals surface area contributed by atoms with Crippen molar-refractivity contribution in [1.82, 2.24) is 0 Å². The summed E-state index contributed by atoms with van der Waals surface area (Å²) in [5.74, 6) is 0. The zero-order valence-corrected chi connectivity index (χ0v) is 8.66. The van der Waals surface area contributed by atoms with Gasteiger partial charge in [-0.3, -0.25) is 0 Å². The molecule has 0 aliphatic carbocycles. The highest BCUT2D eigenvalue weighted by atomic mass is 16.5. The first-order valence-electron chi connectivity index (χ1n) is 5.45. The van der Waals surface area contributed by atoms with Gasteiger partial charge < -0.3 is 9.47 Å². The van der Waals surface area contributed by atoms with Crippen molar-refractivity contribution in [3.05, 3.63) is 0 Å². The summed E-state index contributed by atoms with van der Waals surface area (Å²) < 4.78 is 11.1. The Kier molecular flexibility index (Phi) is 2.76. The maximum atomic E-state index is 9.25. The number of hydrogen-bond donors (Lipinski definition) is 0. The summed E-state index contributed by atoms with van der Waals surface area (Å²) in [6.07, 6.45) is 4.48. The van der Waals surface area contributed by atoms with E-state index in [4.69, 9.17) is 9.47 Å². The molecule has 0 aromatic carbocycles. The zero-order chi connectivity index (χ0) is 10.0. The third kappa shape index (κ3) is 1.53. The van der Waals surface area contributed by atoms with Gasteiger partial charge in [-0.15, -0.1) is 0 Å². The van der Waals surface area contributed by atoms with Crippen LogP contribution in [-0.4, -0.2) is 25.4 Å². The fourth-order valence-corrected chi connectivity index (χ4v) is 2.64. The van der Waals surface area contributed by atoms with E-state index in [2.05, 4.69) is 6.07 Å². The van der Waals surface area contributed by atoms with Gasteiger partial charge in [0.2, 0.25) is 0 Å². The standard InChI is InChI=1S/C11H17NO2/c1-2-13-6-5-11(8-12)7-9-3-4-10(11)14-9/h9-10H,2-7H2,1H3. The minimum Gasteiger partial charge on any atom is -0.382 e. The van der Waals surface area contributed by atoms with Crippen LogP contribution in [0.4, 0.5) is 0 Å². The van der Waals surface area contributed by atoms with Crippen LogP contribution in [0, 0.1) is 16.7 Å². The van der Waals surface area contributed by atoms with E-state index in [9.17, 15) is 5.26 Å². The Labute approximate surface area is 85.0 Å². The van der Waals surface area contributed by atoms with E-state index in [1.165, 1.54) is 0 Å². The lowest BCUT2D eigenvalue weighted by Gasteiger charge is -2.27. The first kappa shape index (κ1) is 9.95. The van der Waals surface area contributed by atoms with Crippen molar-refractivity contribution in [1.29, 1.82) is 5.26 Å². The van der Waals surface area contributed by atoms with Gasteiger partial charge in [0, 0.05) is 13.2 Å². The van der Waals surface area contributed by atoms with Gasteiger partial charge in [0.25, 0.3) is 0 Å². The lowest BCUT2D eigenvalue weighted by Crippen LogP contribution is -2.32. The van der Waals surface area contributed by atoms with Crippen molar-refractivity contribution >= 4 is 0 Å². The average molecular weight is 195 g/mol. The zero-order valence-electron chi connectivity index (χ0n) is 8.66. The third-order valence-corrected chi connectivity index (χ3v) is 3.44. The molecule has 0 spiro atoms. The first-order chi connectivity index (χ1) is 6.80. The Balaban J connectivity index is 1.95. The van der Waals surface area contributed by atoms with Gasteiger partial charge in [-0.2, -0.15) is 5.26 Å². The molecule has 3 heteroatoms. The monoisotopic (exact) mass is 195 g/mol. The largest absolute Gasteiger partial charge is 0.382 e. The molecular weight excluding hydrogens is 178 g/mol. The normalized spacial score (nSPS) is 40.0. The Morgan fingerprint density at radius 2 is 2.43 bits per heavy atom. The van der Waals surface area contributed by atoms with E-state index < -0.39 is 0 Å². The van der Waals surface area contributed by atoms with Crippen LogP contribution in [-0.2, 0) is 9.47 Å². The molecule has 2 aliphatic heterocycles. The molecule has 3 nitrogen and oxygen atoms in total. The van der Waals surface area contributed by atoms with Crippen molar-refractivity contribution in [2.45, 2.75) is 44.8 Å². The maximum Gasteiger partial charge on any atom is 0.0881 e. The molecule has 0 N–H and O–H groups in total. The van der Waals surface area contributed by atoms with E-state index in [1.807, 2.05) is 6.92 Å². The molecule has 2 bridgehead atoms. The lowest BCUT2D eigenvalue weighted by molar-refractivity contribution is 0.0584. The van der Waals surface area contributed by atoms with Crippen molar-refractivity contribution in [3.63, 3.8) is 0 Å². The van der Waals surface area contributed by atoms with Gasteiger partial charge in [0.1, 0.15) is 0 Å². The molecule has 0 saturated carbocycles. The second kappa shape index (κ2) is 3.88. The van der Waals surface area contributed by atoms with Crippen LogP contribution < -0.4 is 0 Å². The molecule has 14 heavy (non-hydrogen) atoms. The van der Waals surface area contributed by atoms with Gasteiger partial charge in [0.05, 0.1) is 23.7 Å². The molecule has 3 unspecified atom stereocenters. The molecule has 2 fully saturated rings. The molecule has 3 atom stereocenters. The molecule has 2 rings (SSSR count). The maximum absolute atomic E-state index is 9.25.